The monoisotopic (exact) mass is 975 g/mol. The number of para-hydroxylation sites is 1. The fourth-order valence-electron chi connectivity index (χ4n) is 10.5. The molecule has 71 heavy (non-hydrogen) atoms. The molecule has 8 aromatic carbocycles. The van der Waals surface area contributed by atoms with Crippen molar-refractivity contribution in [3.8, 4) is 34.1 Å². The predicted molar refractivity (Wildman–Crippen MR) is 262 cm³/mol. The predicted octanol–water partition coefficient (Wildman–Crippen LogP) is 13.0. The lowest BCUT2D eigenvalue weighted by atomic mass is 9.81. The zero-order valence-electron chi connectivity index (χ0n) is 38.2. The second-order valence-electron chi connectivity index (χ2n) is 18.1. The third kappa shape index (κ3) is 7.35. The highest BCUT2D eigenvalue weighted by atomic mass is 31.2. The van der Waals surface area contributed by atoms with Crippen LogP contribution in [-0.2, 0) is 35.8 Å². The normalized spacial score (nSPS) is 16.8. The lowest BCUT2D eigenvalue weighted by molar-refractivity contribution is 0.288. The Kier molecular flexibility index (Phi) is 10.8. The lowest BCUT2D eigenvalue weighted by Gasteiger charge is -2.45. The highest BCUT2D eigenvalue weighted by Gasteiger charge is 2.58. The van der Waals surface area contributed by atoms with Crippen LogP contribution in [0.5, 0.6) is 23.0 Å². The molecule has 1 unspecified atom stereocenters. The number of ether oxygens (including phenoxy) is 3. The molecule has 4 aliphatic heterocycles. The highest BCUT2D eigenvalue weighted by Crippen LogP contribution is 2.72. The maximum atomic E-state index is 17.7. The summed E-state index contributed by atoms with van der Waals surface area (Å²) in [6, 6.07) is 44.7. The van der Waals surface area contributed by atoms with Crippen LogP contribution >= 0.6 is 7.37 Å². The fraction of sp³-hybridized carbons (Fsp3) is 0.158. The zero-order valence-corrected chi connectivity index (χ0v) is 39.1. The molecule has 0 amide bonds. The summed E-state index contributed by atoms with van der Waals surface area (Å²) in [5.74, 6) is -2.13. The van der Waals surface area contributed by atoms with Crippen molar-refractivity contribution in [1.82, 2.24) is 0 Å². The van der Waals surface area contributed by atoms with Gasteiger partial charge in [0.05, 0.1) is 5.30 Å². The van der Waals surface area contributed by atoms with E-state index in [2.05, 4.69) is 0 Å². The molecule has 0 spiro atoms. The van der Waals surface area contributed by atoms with Gasteiger partial charge in [-0.25, -0.2) is 22.0 Å². The van der Waals surface area contributed by atoms with E-state index in [1.807, 2.05) is 121 Å². The molecule has 0 aliphatic carbocycles. The first-order chi connectivity index (χ1) is 34.5. The molecule has 8 nitrogen and oxygen atoms in total. The molecule has 4 aliphatic rings. The van der Waals surface area contributed by atoms with Gasteiger partial charge in [-0.1, -0.05) is 67.6 Å². The standard InChI is InChI=1S/C57H43F5N3O5P/c1-2-35-11-15-42(26-49(35)60)63-29-36-23-39(12-20-52(36)67-32-63)57(71(66)56-10-6-4-8-46(56)45-7-3-5-9-55(45)70-71,40-13-21-53-37(24-40)30-64(33-68-53)43-16-18-47(58)50(61)27-43)41-14-22-54-38(25-41)31-65(34-69-54)44-17-19-48(59)51(62)28-44/h3-28H,2,29-34H2,1H3. The third-order valence-electron chi connectivity index (χ3n) is 14.0. The van der Waals surface area contributed by atoms with E-state index in [1.165, 1.54) is 18.2 Å². The minimum Gasteiger partial charge on any atom is -0.473 e. The van der Waals surface area contributed by atoms with Crippen LogP contribution in [0.3, 0.4) is 0 Å². The maximum absolute atomic E-state index is 17.7. The quantitative estimate of drug-likeness (QED) is 0.0848. The van der Waals surface area contributed by atoms with Crippen LogP contribution < -0.4 is 38.7 Å². The van der Waals surface area contributed by atoms with Crippen LogP contribution in [-0.4, -0.2) is 20.2 Å². The van der Waals surface area contributed by atoms with Crippen molar-refractivity contribution in [2.75, 3.05) is 34.9 Å². The Balaban J connectivity index is 1.10. The van der Waals surface area contributed by atoms with Crippen LogP contribution in [0.15, 0.2) is 158 Å². The summed E-state index contributed by atoms with van der Waals surface area (Å²) in [5.41, 5.74) is 7.34. The summed E-state index contributed by atoms with van der Waals surface area (Å²) in [4.78, 5) is 5.50. The summed E-state index contributed by atoms with van der Waals surface area (Å²) >= 11 is 0. The van der Waals surface area contributed by atoms with Gasteiger partial charge in [0, 0.05) is 71.1 Å². The van der Waals surface area contributed by atoms with Crippen molar-refractivity contribution in [2.24, 2.45) is 0 Å². The third-order valence-corrected chi connectivity index (χ3v) is 17.2. The van der Waals surface area contributed by atoms with Crippen LogP contribution in [0, 0.1) is 29.1 Å². The van der Waals surface area contributed by atoms with Crippen LogP contribution in [0.1, 0.15) is 45.9 Å². The van der Waals surface area contributed by atoms with Crippen molar-refractivity contribution < 1.29 is 45.3 Å². The molecule has 0 aromatic heterocycles. The summed E-state index contributed by atoms with van der Waals surface area (Å²) < 4.78 is 117. The van der Waals surface area contributed by atoms with E-state index in [-0.39, 0.29) is 39.1 Å². The van der Waals surface area contributed by atoms with Crippen molar-refractivity contribution in [1.29, 1.82) is 0 Å². The molecular formula is C57H43F5N3O5P. The average Bonchev–Trinajstić information content (AvgIpc) is 3.40. The van der Waals surface area contributed by atoms with Gasteiger partial charge in [-0.15, -0.1) is 0 Å². The zero-order chi connectivity index (χ0) is 48.6. The topological polar surface area (TPSA) is 63.7 Å². The largest absolute Gasteiger partial charge is 0.473 e. The van der Waals surface area contributed by atoms with Gasteiger partial charge in [0.15, 0.2) is 43.5 Å². The van der Waals surface area contributed by atoms with Gasteiger partial charge in [-0.2, -0.15) is 0 Å². The molecule has 0 fully saturated rings. The van der Waals surface area contributed by atoms with Gasteiger partial charge in [-0.05, 0) is 119 Å². The maximum Gasteiger partial charge on any atom is 0.296 e. The number of benzene rings is 8. The Hall–Kier alpha value is -7.76. The molecule has 0 saturated carbocycles. The smallest absolute Gasteiger partial charge is 0.296 e. The van der Waals surface area contributed by atoms with Gasteiger partial charge in [0.1, 0.15) is 34.0 Å². The number of hydrogen-bond donors (Lipinski definition) is 0. The first kappa shape index (κ1) is 44.4. The minimum atomic E-state index is -4.41. The minimum absolute atomic E-state index is 0.0556. The molecule has 14 heteroatoms. The first-order valence-corrected chi connectivity index (χ1v) is 24.8. The Morgan fingerprint density at radius 3 is 1.37 bits per heavy atom. The first-order valence-electron chi connectivity index (χ1n) is 23.2. The number of hydrogen-bond acceptors (Lipinski definition) is 8. The van der Waals surface area contributed by atoms with E-state index in [9.17, 15) is 17.6 Å². The Bertz CT molecular complexity index is 3390. The Morgan fingerprint density at radius 1 is 0.465 bits per heavy atom. The molecule has 0 radical (unpaired) electrons. The molecule has 0 N–H and O–H groups in total. The van der Waals surface area contributed by atoms with Gasteiger partial charge in [0.2, 0.25) is 0 Å². The van der Waals surface area contributed by atoms with Crippen LogP contribution in [0.2, 0.25) is 0 Å². The van der Waals surface area contributed by atoms with Crippen molar-refractivity contribution in [2.45, 2.75) is 38.1 Å². The summed E-state index contributed by atoms with van der Waals surface area (Å²) in [7, 11) is -4.41. The second kappa shape index (κ2) is 17.3. The Labute approximate surface area is 406 Å². The van der Waals surface area contributed by atoms with E-state index in [4.69, 9.17) is 18.7 Å². The summed E-state index contributed by atoms with van der Waals surface area (Å²) in [6.07, 6.45) is 0.544. The number of halogens is 5. The molecule has 8 aromatic rings. The number of fused-ring (bicyclic) bond motifs is 6. The lowest BCUT2D eigenvalue weighted by Crippen LogP contribution is -2.39. The molecular weight excluding hydrogens is 933 g/mol. The van der Waals surface area contributed by atoms with Crippen LogP contribution in [0.4, 0.5) is 39.0 Å². The van der Waals surface area contributed by atoms with Crippen LogP contribution in [0.25, 0.3) is 11.1 Å². The second-order valence-corrected chi connectivity index (χ2v) is 20.5. The number of nitrogens with zero attached hydrogens (tertiary/aromatic N) is 3. The molecule has 12 rings (SSSR count). The van der Waals surface area contributed by atoms with Crippen molar-refractivity contribution in [3.63, 3.8) is 0 Å². The number of rotatable bonds is 8. The van der Waals surface area contributed by atoms with Gasteiger partial charge >= 0.3 is 0 Å². The van der Waals surface area contributed by atoms with E-state index in [1.54, 1.807) is 15.9 Å². The fourth-order valence-corrected chi connectivity index (χ4v) is 13.7. The SMILES string of the molecule is CCc1ccc(N2COc3ccc(C(c4ccc5c(c4)CN(c4ccc(F)c(F)c4)CO5)(c4ccc5c(c4)CN(c4ccc(F)c(F)c4)CO5)P4(=O)Oc5ccccc5-c5ccccc54)cc3C2)cc1F. The van der Waals surface area contributed by atoms with Gasteiger partial charge < -0.3 is 33.4 Å². The van der Waals surface area contributed by atoms with Crippen molar-refractivity contribution >= 4 is 29.7 Å². The van der Waals surface area contributed by atoms with E-state index >= 15 is 8.96 Å². The van der Waals surface area contributed by atoms with Crippen molar-refractivity contribution in [3.05, 3.63) is 226 Å². The Morgan fingerprint density at radius 2 is 0.901 bits per heavy atom. The average molecular weight is 976 g/mol. The summed E-state index contributed by atoms with van der Waals surface area (Å²) in [5, 5.41) is -1.24. The number of anilines is 3. The molecule has 356 valence electrons. The summed E-state index contributed by atoms with van der Waals surface area (Å²) in [6.45, 7) is 2.93. The molecule has 1 atom stereocenters. The van der Waals surface area contributed by atoms with Gasteiger partial charge in [0.25, 0.3) is 7.37 Å². The van der Waals surface area contributed by atoms with E-state index < -0.39 is 35.8 Å². The number of aryl methyl sites for hydroxylation is 1. The molecule has 0 bridgehead atoms. The molecule has 4 heterocycles. The highest BCUT2D eigenvalue weighted by molar-refractivity contribution is 7.69. The van der Waals surface area contributed by atoms with Gasteiger partial charge in [-0.3, -0.25) is 4.57 Å². The molecule has 0 saturated heterocycles. The van der Waals surface area contributed by atoms with E-state index in [0.717, 1.165) is 41.0 Å². The van der Waals surface area contributed by atoms with E-state index in [0.29, 0.717) is 91.7 Å².